The van der Waals surface area contributed by atoms with Gasteiger partial charge in [0.05, 0.1) is 18.5 Å². The molecule has 0 saturated heterocycles. The number of nitrogens with one attached hydrogen (secondary N) is 1. The standard InChI is InChI=1S/C14H22N2O2/c1-14(2,3)7-4-5-13(18)16-12-9-15-8-6-11(12)10-17/h6,8-9,17H,4-5,7,10H2,1-3H3,(H,16,18). The molecule has 100 valence electrons. The molecule has 0 aliphatic rings. The van der Waals surface area contributed by atoms with E-state index in [4.69, 9.17) is 5.11 Å². The number of aliphatic hydroxyl groups is 1. The van der Waals surface area contributed by atoms with Gasteiger partial charge in [0.25, 0.3) is 0 Å². The normalized spacial score (nSPS) is 11.3. The molecule has 0 unspecified atom stereocenters. The Morgan fingerprint density at radius 2 is 2.17 bits per heavy atom. The Morgan fingerprint density at radius 3 is 2.78 bits per heavy atom. The highest BCUT2D eigenvalue weighted by molar-refractivity contribution is 5.91. The molecule has 0 radical (unpaired) electrons. The van der Waals surface area contributed by atoms with Crippen molar-refractivity contribution >= 4 is 11.6 Å². The molecule has 18 heavy (non-hydrogen) atoms. The first kappa shape index (κ1) is 14.6. The first-order chi connectivity index (χ1) is 8.42. The summed E-state index contributed by atoms with van der Waals surface area (Å²) in [5.74, 6) is -0.0260. The Morgan fingerprint density at radius 1 is 1.44 bits per heavy atom. The number of aliphatic hydroxyl groups excluding tert-OH is 1. The summed E-state index contributed by atoms with van der Waals surface area (Å²) in [6, 6.07) is 1.70. The second-order valence-electron chi connectivity index (χ2n) is 5.65. The first-order valence-electron chi connectivity index (χ1n) is 6.26. The maximum Gasteiger partial charge on any atom is 0.224 e. The molecule has 4 nitrogen and oxygen atoms in total. The van der Waals surface area contributed by atoms with Crippen LogP contribution in [0.4, 0.5) is 5.69 Å². The van der Waals surface area contributed by atoms with Crippen LogP contribution in [0.1, 0.15) is 45.6 Å². The van der Waals surface area contributed by atoms with E-state index in [1.165, 1.54) is 0 Å². The van der Waals surface area contributed by atoms with Gasteiger partial charge in [0, 0.05) is 18.2 Å². The Bertz CT molecular complexity index is 397. The number of aromatic nitrogens is 1. The lowest BCUT2D eigenvalue weighted by Gasteiger charge is -2.17. The smallest absolute Gasteiger partial charge is 0.224 e. The van der Waals surface area contributed by atoms with Gasteiger partial charge in [-0.2, -0.15) is 0 Å². The fraction of sp³-hybridized carbons (Fsp3) is 0.571. The van der Waals surface area contributed by atoms with Gasteiger partial charge in [-0.05, 0) is 24.3 Å². The number of hydrogen-bond acceptors (Lipinski definition) is 3. The van der Waals surface area contributed by atoms with Gasteiger partial charge < -0.3 is 10.4 Å². The predicted molar refractivity (Wildman–Crippen MR) is 72.1 cm³/mol. The van der Waals surface area contributed by atoms with Crippen molar-refractivity contribution in [1.29, 1.82) is 0 Å². The minimum absolute atomic E-state index is 0.0260. The van der Waals surface area contributed by atoms with Crippen LogP contribution in [0.5, 0.6) is 0 Å². The van der Waals surface area contributed by atoms with Crippen LogP contribution in [-0.2, 0) is 11.4 Å². The van der Waals surface area contributed by atoms with Crippen LogP contribution in [0.2, 0.25) is 0 Å². The van der Waals surface area contributed by atoms with Crippen LogP contribution in [0, 0.1) is 5.41 Å². The number of anilines is 1. The molecular weight excluding hydrogens is 228 g/mol. The number of nitrogens with zero attached hydrogens (tertiary/aromatic N) is 1. The lowest BCUT2D eigenvalue weighted by atomic mass is 9.90. The molecule has 1 heterocycles. The zero-order valence-corrected chi connectivity index (χ0v) is 11.4. The van der Waals surface area contributed by atoms with Crippen molar-refractivity contribution in [3.63, 3.8) is 0 Å². The lowest BCUT2D eigenvalue weighted by molar-refractivity contribution is -0.116. The summed E-state index contributed by atoms with van der Waals surface area (Å²) in [5, 5.41) is 11.9. The van der Waals surface area contributed by atoms with Crippen LogP contribution < -0.4 is 5.32 Å². The third kappa shape index (κ3) is 5.27. The van der Waals surface area contributed by atoms with E-state index in [0.29, 0.717) is 17.7 Å². The van der Waals surface area contributed by atoms with Crippen LogP contribution in [0.3, 0.4) is 0 Å². The average molecular weight is 250 g/mol. The summed E-state index contributed by atoms with van der Waals surface area (Å²) in [6.45, 7) is 6.39. The highest BCUT2D eigenvalue weighted by Crippen LogP contribution is 2.22. The predicted octanol–water partition coefficient (Wildman–Crippen LogP) is 2.73. The van der Waals surface area contributed by atoms with Gasteiger partial charge in [0.15, 0.2) is 0 Å². The monoisotopic (exact) mass is 250 g/mol. The van der Waals surface area contributed by atoms with Gasteiger partial charge in [-0.3, -0.25) is 9.78 Å². The summed E-state index contributed by atoms with van der Waals surface area (Å²) in [4.78, 5) is 15.7. The second-order valence-corrected chi connectivity index (χ2v) is 5.65. The van der Waals surface area contributed by atoms with Crippen molar-refractivity contribution in [2.24, 2.45) is 5.41 Å². The summed E-state index contributed by atoms with van der Waals surface area (Å²) in [7, 11) is 0. The molecule has 1 aromatic rings. The number of pyridine rings is 1. The van der Waals surface area contributed by atoms with Gasteiger partial charge >= 0.3 is 0 Å². The van der Waals surface area contributed by atoms with Crippen molar-refractivity contribution in [2.45, 2.75) is 46.6 Å². The van der Waals surface area contributed by atoms with E-state index in [1.54, 1.807) is 18.5 Å². The molecule has 0 bridgehead atoms. The molecule has 4 heteroatoms. The van der Waals surface area contributed by atoms with E-state index in [1.807, 2.05) is 0 Å². The molecule has 0 saturated carbocycles. The van der Waals surface area contributed by atoms with E-state index in [2.05, 4.69) is 31.1 Å². The Hall–Kier alpha value is -1.42. The van der Waals surface area contributed by atoms with Crippen LogP contribution in [0.15, 0.2) is 18.5 Å². The van der Waals surface area contributed by atoms with Crippen LogP contribution >= 0.6 is 0 Å². The highest BCUT2D eigenvalue weighted by atomic mass is 16.3. The Labute approximate surface area is 108 Å². The first-order valence-corrected chi connectivity index (χ1v) is 6.26. The topological polar surface area (TPSA) is 62.2 Å². The fourth-order valence-electron chi connectivity index (χ4n) is 1.67. The summed E-state index contributed by atoms with van der Waals surface area (Å²) in [5.41, 5.74) is 1.54. The molecule has 1 rings (SSSR count). The fourth-order valence-corrected chi connectivity index (χ4v) is 1.67. The Balaban J connectivity index is 2.45. The van der Waals surface area contributed by atoms with Crippen LogP contribution in [-0.4, -0.2) is 16.0 Å². The number of carbonyl (C=O) groups is 1. The van der Waals surface area contributed by atoms with Crippen molar-refractivity contribution < 1.29 is 9.90 Å². The van der Waals surface area contributed by atoms with E-state index in [9.17, 15) is 4.79 Å². The number of hydrogen-bond donors (Lipinski definition) is 2. The number of carbonyl (C=O) groups excluding carboxylic acids is 1. The largest absolute Gasteiger partial charge is 0.392 e. The number of rotatable bonds is 5. The van der Waals surface area contributed by atoms with Crippen molar-refractivity contribution in [3.8, 4) is 0 Å². The third-order valence-corrected chi connectivity index (χ3v) is 2.69. The van der Waals surface area contributed by atoms with Crippen molar-refractivity contribution in [1.82, 2.24) is 4.98 Å². The maximum absolute atomic E-state index is 11.7. The molecule has 0 fully saturated rings. The highest BCUT2D eigenvalue weighted by Gasteiger charge is 2.12. The third-order valence-electron chi connectivity index (χ3n) is 2.69. The van der Waals surface area contributed by atoms with E-state index in [0.717, 1.165) is 12.8 Å². The molecule has 0 aliphatic heterocycles. The molecule has 1 amide bonds. The molecule has 0 aromatic carbocycles. The zero-order valence-electron chi connectivity index (χ0n) is 11.4. The molecule has 0 aliphatic carbocycles. The molecule has 1 aromatic heterocycles. The minimum atomic E-state index is -0.0971. The Kier molecular flexibility index (Phi) is 5.28. The molecule has 0 spiro atoms. The van der Waals surface area contributed by atoms with E-state index in [-0.39, 0.29) is 17.9 Å². The second kappa shape index (κ2) is 6.50. The van der Waals surface area contributed by atoms with Gasteiger partial charge in [0.2, 0.25) is 5.91 Å². The SMILES string of the molecule is CC(C)(C)CCCC(=O)Nc1cnccc1CO. The summed E-state index contributed by atoms with van der Waals surface area (Å²) in [6.07, 6.45) is 5.54. The van der Waals surface area contributed by atoms with Gasteiger partial charge in [-0.15, -0.1) is 0 Å². The van der Waals surface area contributed by atoms with E-state index >= 15 is 0 Å². The van der Waals surface area contributed by atoms with Gasteiger partial charge in [0.1, 0.15) is 0 Å². The zero-order chi connectivity index (χ0) is 13.6. The van der Waals surface area contributed by atoms with Gasteiger partial charge in [-0.1, -0.05) is 20.8 Å². The lowest BCUT2D eigenvalue weighted by Crippen LogP contribution is -2.14. The minimum Gasteiger partial charge on any atom is -0.392 e. The van der Waals surface area contributed by atoms with Crippen molar-refractivity contribution in [3.05, 3.63) is 24.0 Å². The van der Waals surface area contributed by atoms with Crippen molar-refractivity contribution in [2.75, 3.05) is 5.32 Å². The maximum atomic E-state index is 11.7. The average Bonchev–Trinajstić information content (AvgIpc) is 2.28. The molecular formula is C14H22N2O2. The number of amides is 1. The summed E-state index contributed by atoms with van der Waals surface area (Å²) >= 11 is 0. The van der Waals surface area contributed by atoms with Crippen LogP contribution in [0.25, 0.3) is 0 Å². The summed E-state index contributed by atoms with van der Waals surface area (Å²) < 4.78 is 0. The van der Waals surface area contributed by atoms with E-state index < -0.39 is 0 Å². The molecule has 2 N–H and O–H groups in total. The van der Waals surface area contributed by atoms with Gasteiger partial charge in [-0.25, -0.2) is 0 Å². The quantitative estimate of drug-likeness (QED) is 0.844. The molecule has 0 atom stereocenters.